The number of allylic oxidation sites excluding steroid dienone is 1. The van der Waals surface area contributed by atoms with Gasteiger partial charge in [0.2, 0.25) is 0 Å². The molecule has 0 atom stereocenters. The van der Waals surface area contributed by atoms with Gasteiger partial charge in [0.1, 0.15) is 0 Å². The van der Waals surface area contributed by atoms with Crippen molar-refractivity contribution in [1.29, 1.82) is 0 Å². The molecule has 0 aliphatic heterocycles. The minimum atomic E-state index is -1.34. The lowest BCUT2D eigenvalue weighted by Gasteiger charge is -2.13. The molecule has 1 aromatic carbocycles. The van der Waals surface area contributed by atoms with E-state index in [0.717, 1.165) is 16.3 Å². The van der Waals surface area contributed by atoms with E-state index in [4.69, 9.17) is 8.85 Å². The summed E-state index contributed by atoms with van der Waals surface area (Å²) in [4.78, 5) is 0. The Kier molecular flexibility index (Phi) is 4.07. The van der Waals surface area contributed by atoms with Gasteiger partial charge in [-0.25, -0.2) is 0 Å². The predicted octanol–water partition coefficient (Wildman–Crippen LogP) is 1.71. The topological polar surface area (TPSA) is 18.5 Å². The minimum Gasteiger partial charge on any atom is -0.393 e. The van der Waals surface area contributed by atoms with E-state index in [0.29, 0.717) is 0 Å². The summed E-state index contributed by atoms with van der Waals surface area (Å²) in [5.41, 5.74) is 2.17. The third-order valence-electron chi connectivity index (χ3n) is 1.98. The highest BCUT2D eigenvalue weighted by molar-refractivity contribution is 6.62. The van der Waals surface area contributed by atoms with Gasteiger partial charge in [-0.15, -0.1) is 0 Å². The minimum absolute atomic E-state index is 1.04. The van der Waals surface area contributed by atoms with E-state index >= 15 is 0 Å². The van der Waals surface area contributed by atoms with Crippen molar-refractivity contribution in [3.8, 4) is 0 Å². The van der Waals surface area contributed by atoms with Crippen molar-refractivity contribution in [2.75, 3.05) is 14.2 Å². The molecular formula is C11H15O2Si. The van der Waals surface area contributed by atoms with E-state index in [9.17, 15) is 0 Å². The van der Waals surface area contributed by atoms with Gasteiger partial charge in [-0.1, -0.05) is 36.4 Å². The normalized spacial score (nSPS) is 10.6. The average molecular weight is 207 g/mol. The monoisotopic (exact) mass is 207 g/mol. The predicted molar refractivity (Wildman–Crippen MR) is 60.6 cm³/mol. The van der Waals surface area contributed by atoms with Gasteiger partial charge in [-0.05, 0) is 12.5 Å². The van der Waals surface area contributed by atoms with E-state index in [1.165, 1.54) is 0 Å². The van der Waals surface area contributed by atoms with Gasteiger partial charge in [0, 0.05) is 19.4 Å². The van der Waals surface area contributed by atoms with Crippen molar-refractivity contribution in [3.05, 3.63) is 36.4 Å². The molecule has 0 aliphatic carbocycles. The molecule has 3 heteroatoms. The van der Waals surface area contributed by atoms with Crippen molar-refractivity contribution < 1.29 is 8.85 Å². The van der Waals surface area contributed by atoms with Gasteiger partial charge < -0.3 is 8.85 Å². The van der Waals surface area contributed by atoms with Crippen LogP contribution < -0.4 is 5.19 Å². The first-order valence-electron chi connectivity index (χ1n) is 4.41. The van der Waals surface area contributed by atoms with Crippen LogP contribution in [0.25, 0.3) is 5.57 Å². The molecule has 0 saturated carbocycles. The second-order valence-electron chi connectivity index (χ2n) is 3.02. The molecule has 75 valence electrons. The standard InChI is InChI=1S/C11H15O2Si/c1-9(2)10-7-5-6-8-11(10)14(12-3)13-4/h5-8H,1H2,2-4H3. The lowest BCUT2D eigenvalue weighted by molar-refractivity contribution is 0.292. The van der Waals surface area contributed by atoms with Crippen LogP contribution in [0, 0.1) is 0 Å². The summed E-state index contributed by atoms with van der Waals surface area (Å²) in [6.07, 6.45) is 0. The van der Waals surface area contributed by atoms with Gasteiger partial charge in [-0.3, -0.25) is 0 Å². The smallest absolute Gasteiger partial charge is 0.393 e. The van der Waals surface area contributed by atoms with Gasteiger partial charge in [-0.2, -0.15) is 0 Å². The third kappa shape index (κ3) is 2.32. The van der Waals surface area contributed by atoms with Gasteiger partial charge in [0.25, 0.3) is 0 Å². The van der Waals surface area contributed by atoms with Crippen LogP contribution in [0.3, 0.4) is 0 Å². The molecule has 14 heavy (non-hydrogen) atoms. The van der Waals surface area contributed by atoms with Crippen molar-refractivity contribution in [1.82, 2.24) is 0 Å². The lowest BCUT2D eigenvalue weighted by Crippen LogP contribution is -2.36. The quantitative estimate of drug-likeness (QED) is 0.700. The number of hydrogen-bond acceptors (Lipinski definition) is 2. The van der Waals surface area contributed by atoms with E-state index in [1.54, 1.807) is 14.2 Å². The Morgan fingerprint density at radius 1 is 1.21 bits per heavy atom. The van der Waals surface area contributed by atoms with E-state index in [1.807, 2.05) is 31.2 Å². The van der Waals surface area contributed by atoms with Crippen LogP contribution in [0.1, 0.15) is 12.5 Å². The van der Waals surface area contributed by atoms with Gasteiger partial charge in [0.05, 0.1) is 0 Å². The molecule has 2 nitrogen and oxygen atoms in total. The zero-order valence-electron chi connectivity index (χ0n) is 8.83. The molecule has 0 aromatic heterocycles. The Labute approximate surface area is 87.0 Å². The highest BCUT2D eigenvalue weighted by Crippen LogP contribution is 2.09. The summed E-state index contributed by atoms with van der Waals surface area (Å²) in [6, 6.07) is 8.06. The molecule has 0 saturated heterocycles. The summed E-state index contributed by atoms with van der Waals surface area (Å²) in [7, 11) is 2.01. The van der Waals surface area contributed by atoms with Gasteiger partial charge >= 0.3 is 9.28 Å². The van der Waals surface area contributed by atoms with Crippen LogP contribution in [0.4, 0.5) is 0 Å². The Morgan fingerprint density at radius 2 is 1.79 bits per heavy atom. The SMILES string of the molecule is C=C(C)c1ccccc1[Si](OC)OC. The largest absolute Gasteiger partial charge is 0.423 e. The molecule has 0 amide bonds. The second kappa shape index (κ2) is 5.10. The zero-order valence-corrected chi connectivity index (χ0v) is 9.83. The van der Waals surface area contributed by atoms with Crippen LogP contribution >= 0.6 is 0 Å². The van der Waals surface area contributed by atoms with Crippen molar-refractivity contribution in [2.24, 2.45) is 0 Å². The molecule has 1 rings (SSSR count). The maximum absolute atomic E-state index is 5.31. The molecule has 0 bridgehead atoms. The highest BCUT2D eigenvalue weighted by Gasteiger charge is 2.19. The van der Waals surface area contributed by atoms with Crippen molar-refractivity contribution in [3.63, 3.8) is 0 Å². The van der Waals surface area contributed by atoms with Crippen LogP contribution in [0.5, 0.6) is 0 Å². The zero-order chi connectivity index (χ0) is 10.6. The fraction of sp³-hybridized carbons (Fsp3) is 0.273. The van der Waals surface area contributed by atoms with Crippen LogP contribution in [-0.4, -0.2) is 23.5 Å². The molecule has 0 heterocycles. The first kappa shape index (κ1) is 11.2. The summed E-state index contributed by atoms with van der Waals surface area (Å²) in [5.74, 6) is 0. The molecule has 1 radical (unpaired) electrons. The second-order valence-corrected chi connectivity index (χ2v) is 4.95. The van der Waals surface area contributed by atoms with E-state index < -0.39 is 9.28 Å². The van der Waals surface area contributed by atoms with Crippen molar-refractivity contribution in [2.45, 2.75) is 6.92 Å². The van der Waals surface area contributed by atoms with Crippen LogP contribution in [0.15, 0.2) is 30.8 Å². The Balaban J connectivity index is 3.11. The maximum atomic E-state index is 5.31. The lowest BCUT2D eigenvalue weighted by atomic mass is 10.1. The third-order valence-corrected chi connectivity index (χ3v) is 3.59. The first-order valence-corrected chi connectivity index (χ1v) is 5.72. The molecule has 0 aliphatic rings. The number of rotatable bonds is 4. The molecular weight excluding hydrogens is 192 g/mol. The average Bonchev–Trinajstić information content (AvgIpc) is 2.20. The summed E-state index contributed by atoms with van der Waals surface area (Å²) >= 11 is 0. The Bertz CT molecular complexity index is 319. The Morgan fingerprint density at radius 3 is 2.29 bits per heavy atom. The molecule has 0 unspecified atom stereocenters. The molecule has 1 aromatic rings. The molecule has 0 spiro atoms. The summed E-state index contributed by atoms with van der Waals surface area (Å²) in [5, 5.41) is 1.12. The molecule has 0 N–H and O–H groups in total. The molecule has 0 fully saturated rings. The van der Waals surface area contributed by atoms with Crippen LogP contribution in [-0.2, 0) is 8.85 Å². The van der Waals surface area contributed by atoms with Gasteiger partial charge in [0.15, 0.2) is 0 Å². The highest BCUT2D eigenvalue weighted by atomic mass is 28.3. The fourth-order valence-electron chi connectivity index (χ4n) is 1.34. The summed E-state index contributed by atoms with van der Waals surface area (Å²) < 4.78 is 10.6. The maximum Gasteiger partial charge on any atom is 0.423 e. The van der Waals surface area contributed by atoms with E-state index in [2.05, 4.69) is 6.58 Å². The first-order chi connectivity index (χ1) is 6.70. The summed E-state index contributed by atoms with van der Waals surface area (Å²) in [6.45, 7) is 5.93. The Hall–Kier alpha value is -0.903. The van der Waals surface area contributed by atoms with Crippen molar-refractivity contribution >= 4 is 20.0 Å². The van der Waals surface area contributed by atoms with Crippen LogP contribution in [0.2, 0.25) is 0 Å². The number of benzene rings is 1. The number of hydrogen-bond donors (Lipinski definition) is 0. The van der Waals surface area contributed by atoms with E-state index in [-0.39, 0.29) is 0 Å². The fourth-order valence-corrected chi connectivity index (χ4v) is 2.69.